The van der Waals surface area contributed by atoms with Crippen molar-refractivity contribution in [2.45, 2.75) is 26.7 Å². The molecular weight excluding hydrogens is 342 g/mol. The average Bonchev–Trinajstić information content (AvgIpc) is 3.07. The van der Waals surface area contributed by atoms with Crippen molar-refractivity contribution in [2.75, 3.05) is 57.3 Å². The summed E-state index contributed by atoms with van der Waals surface area (Å²) in [6.45, 7) is 11.1. The Labute approximate surface area is 162 Å². The first-order chi connectivity index (χ1) is 13.1. The van der Waals surface area contributed by atoms with Crippen LogP contribution in [0.4, 0.5) is 5.69 Å². The van der Waals surface area contributed by atoms with Crippen molar-refractivity contribution in [3.05, 3.63) is 12.4 Å². The zero-order chi connectivity index (χ0) is 19.2. The molecule has 3 heterocycles. The number of anilines is 1. The number of aliphatic imine (C=N–C) groups is 1. The van der Waals surface area contributed by atoms with E-state index in [1.54, 1.807) is 10.9 Å². The monoisotopic (exact) mass is 375 g/mol. The van der Waals surface area contributed by atoms with Crippen molar-refractivity contribution in [1.82, 2.24) is 24.9 Å². The van der Waals surface area contributed by atoms with E-state index < -0.39 is 0 Å². The molecule has 0 spiro atoms. The maximum Gasteiger partial charge on any atom is 0.246 e. The molecule has 2 aliphatic heterocycles. The van der Waals surface area contributed by atoms with Crippen LogP contribution in [-0.4, -0.2) is 83.8 Å². The van der Waals surface area contributed by atoms with Gasteiger partial charge < -0.3 is 20.0 Å². The number of rotatable bonds is 5. The van der Waals surface area contributed by atoms with Crippen LogP contribution in [0.3, 0.4) is 0 Å². The molecule has 0 aliphatic carbocycles. The van der Waals surface area contributed by atoms with Crippen molar-refractivity contribution in [3.63, 3.8) is 0 Å². The number of piperazine rings is 1. The summed E-state index contributed by atoms with van der Waals surface area (Å²) >= 11 is 0. The summed E-state index contributed by atoms with van der Waals surface area (Å²) in [5.74, 6) is 1.72. The third-order valence-electron chi connectivity index (χ3n) is 5.28. The molecule has 1 aromatic heterocycles. The quantitative estimate of drug-likeness (QED) is 0.608. The van der Waals surface area contributed by atoms with E-state index in [9.17, 15) is 4.79 Å². The molecule has 0 aromatic carbocycles. The van der Waals surface area contributed by atoms with Gasteiger partial charge >= 0.3 is 0 Å². The van der Waals surface area contributed by atoms with Gasteiger partial charge in [0.25, 0.3) is 0 Å². The first kappa shape index (κ1) is 19.7. The average molecular weight is 376 g/mol. The minimum Gasteiger partial charge on any atom is -0.357 e. The smallest absolute Gasteiger partial charge is 0.246 e. The minimum atomic E-state index is 0.0877. The molecule has 2 aliphatic rings. The molecule has 2 fully saturated rings. The Kier molecular flexibility index (Phi) is 6.71. The Hall–Kier alpha value is -2.09. The Morgan fingerprint density at radius 3 is 2.89 bits per heavy atom. The summed E-state index contributed by atoms with van der Waals surface area (Å²) in [5, 5.41) is 7.52. The minimum absolute atomic E-state index is 0.0877. The van der Waals surface area contributed by atoms with Crippen molar-refractivity contribution in [2.24, 2.45) is 18.0 Å². The van der Waals surface area contributed by atoms with Gasteiger partial charge in [0.2, 0.25) is 5.91 Å². The Bertz CT molecular complexity index is 656. The lowest BCUT2D eigenvalue weighted by Crippen LogP contribution is -2.55. The lowest BCUT2D eigenvalue weighted by Gasteiger charge is -2.35. The molecule has 0 bridgehead atoms. The molecule has 8 nitrogen and oxygen atoms in total. The largest absolute Gasteiger partial charge is 0.357 e. The van der Waals surface area contributed by atoms with Crippen LogP contribution in [0.1, 0.15) is 26.7 Å². The van der Waals surface area contributed by atoms with Crippen LogP contribution in [0.2, 0.25) is 0 Å². The van der Waals surface area contributed by atoms with Crippen molar-refractivity contribution in [3.8, 4) is 0 Å². The van der Waals surface area contributed by atoms with Crippen LogP contribution in [0.5, 0.6) is 0 Å². The maximum atomic E-state index is 12.6. The highest BCUT2D eigenvalue weighted by Gasteiger charge is 2.27. The number of aryl methyl sites for hydroxylation is 1. The van der Waals surface area contributed by atoms with E-state index in [2.05, 4.69) is 34.1 Å². The number of aromatic nitrogens is 2. The van der Waals surface area contributed by atoms with Crippen LogP contribution in [0, 0.1) is 5.92 Å². The molecule has 1 aromatic rings. The molecule has 1 atom stereocenters. The highest BCUT2D eigenvalue weighted by Crippen LogP contribution is 2.16. The first-order valence-corrected chi connectivity index (χ1v) is 10.1. The van der Waals surface area contributed by atoms with E-state index in [-0.39, 0.29) is 5.91 Å². The number of guanidine groups is 1. The van der Waals surface area contributed by atoms with Crippen molar-refractivity contribution < 1.29 is 4.79 Å². The Balaban J connectivity index is 1.56. The van der Waals surface area contributed by atoms with E-state index in [0.717, 1.165) is 43.7 Å². The van der Waals surface area contributed by atoms with E-state index in [1.165, 1.54) is 25.9 Å². The van der Waals surface area contributed by atoms with Crippen LogP contribution in [0.15, 0.2) is 17.4 Å². The van der Waals surface area contributed by atoms with E-state index in [4.69, 9.17) is 4.99 Å². The van der Waals surface area contributed by atoms with Crippen molar-refractivity contribution >= 4 is 17.6 Å². The molecule has 0 saturated carbocycles. The number of amides is 1. The summed E-state index contributed by atoms with van der Waals surface area (Å²) in [4.78, 5) is 23.8. The van der Waals surface area contributed by atoms with Crippen molar-refractivity contribution in [1.29, 1.82) is 0 Å². The number of carbonyl (C=O) groups is 1. The zero-order valence-electron chi connectivity index (χ0n) is 16.9. The first-order valence-electron chi connectivity index (χ1n) is 10.1. The molecule has 3 rings (SSSR count). The number of likely N-dealkylation sites (tertiary alicyclic amines) is 1. The van der Waals surface area contributed by atoms with Gasteiger partial charge in [-0.05, 0) is 32.2 Å². The maximum absolute atomic E-state index is 12.6. The van der Waals surface area contributed by atoms with E-state index in [0.29, 0.717) is 13.1 Å². The normalized spacial score (nSPS) is 22.4. The lowest BCUT2D eigenvalue weighted by atomic mass is 10.0. The van der Waals surface area contributed by atoms with Crippen LogP contribution in [-0.2, 0) is 11.8 Å². The van der Waals surface area contributed by atoms with E-state index in [1.807, 2.05) is 18.1 Å². The summed E-state index contributed by atoms with van der Waals surface area (Å²) < 4.78 is 1.72. The predicted octanol–water partition coefficient (Wildman–Crippen LogP) is 0.766. The highest BCUT2D eigenvalue weighted by molar-refractivity contribution is 5.98. The van der Waals surface area contributed by atoms with Gasteiger partial charge in [0.1, 0.15) is 6.54 Å². The van der Waals surface area contributed by atoms with Gasteiger partial charge in [-0.2, -0.15) is 5.10 Å². The second-order valence-corrected chi connectivity index (χ2v) is 7.62. The van der Waals surface area contributed by atoms with Gasteiger partial charge in [-0.1, -0.05) is 6.92 Å². The standard InChI is InChI=1S/C19H33N7O/c1-4-20-19(21-7-9-24-8-5-6-16(2)13-24)25-10-11-26(18(27)15-25)17-12-22-23(3)14-17/h12,14,16H,4-11,13,15H2,1-3H3,(H,20,21). The van der Waals surface area contributed by atoms with Gasteiger partial charge in [-0.25, -0.2) is 0 Å². The number of piperidine rings is 1. The molecule has 1 amide bonds. The summed E-state index contributed by atoms with van der Waals surface area (Å²) in [6.07, 6.45) is 6.25. The van der Waals surface area contributed by atoms with Gasteiger partial charge in [0.15, 0.2) is 5.96 Å². The fraction of sp³-hybridized carbons (Fsp3) is 0.737. The lowest BCUT2D eigenvalue weighted by molar-refractivity contribution is -0.120. The highest BCUT2D eigenvalue weighted by atomic mass is 16.2. The summed E-state index contributed by atoms with van der Waals surface area (Å²) in [7, 11) is 1.86. The molecule has 1 N–H and O–H groups in total. The fourth-order valence-electron chi connectivity index (χ4n) is 3.89. The molecule has 0 radical (unpaired) electrons. The predicted molar refractivity (Wildman–Crippen MR) is 108 cm³/mol. The van der Waals surface area contributed by atoms with Gasteiger partial charge in [-0.3, -0.25) is 14.5 Å². The van der Waals surface area contributed by atoms with Crippen LogP contribution < -0.4 is 10.2 Å². The molecule has 8 heteroatoms. The SMILES string of the molecule is CCNC(=NCCN1CCCC(C)C1)N1CCN(c2cnn(C)c2)C(=O)C1. The third kappa shape index (κ3) is 5.22. The number of hydrogen-bond donors (Lipinski definition) is 1. The Morgan fingerprint density at radius 1 is 1.37 bits per heavy atom. The number of nitrogens with zero attached hydrogens (tertiary/aromatic N) is 6. The molecule has 1 unspecified atom stereocenters. The van der Waals surface area contributed by atoms with E-state index >= 15 is 0 Å². The molecule has 150 valence electrons. The summed E-state index contributed by atoms with van der Waals surface area (Å²) in [6, 6.07) is 0. The second kappa shape index (κ2) is 9.21. The number of nitrogens with one attached hydrogen (secondary N) is 1. The molecular formula is C19H33N7O. The zero-order valence-corrected chi connectivity index (χ0v) is 16.9. The Morgan fingerprint density at radius 2 is 2.22 bits per heavy atom. The molecule has 2 saturated heterocycles. The fourth-order valence-corrected chi connectivity index (χ4v) is 3.89. The van der Waals surface area contributed by atoms with Crippen LogP contribution in [0.25, 0.3) is 0 Å². The number of carbonyl (C=O) groups excluding carboxylic acids is 1. The number of hydrogen-bond acceptors (Lipinski definition) is 4. The third-order valence-corrected chi connectivity index (χ3v) is 5.28. The summed E-state index contributed by atoms with van der Waals surface area (Å²) in [5.41, 5.74) is 0.864. The van der Waals surface area contributed by atoms with Gasteiger partial charge in [0, 0.05) is 46.0 Å². The molecule has 27 heavy (non-hydrogen) atoms. The second-order valence-electron chi connectivity index (χ2n) is 7.62. The van der Waals surface area contributed by atoms with Crippen LogP contribution >= 0.6 is 0 Å². The van der Waals surface area contributed by atoms with Gasteiger partial charge in [-0.15, -0.1) is 0 Å². The topological polar surface area (TPSA) is 69.0 Å². The van der Waals surface area contributed by atoms with Gasteiger partial charge in [0.05, 0.1) is 18.4 Å².